The van der Waals surface area contributed by atoms with Crippen LogP contribution in [0.1, 0.15) is 6.92 Å². The van der Waals surface area contributed by atoms with Gasteiger partial charge in [-0.1, -0.05) is 12.2 Å². The minimum absolute atomic E-state index is 0.204. The number of esters is 1. The monoisotopic (exact) mass is 160 g/mol. The SMILES string of the molecule is C=C(C)C(SC)C(=O)OC. The normalized spacial score (nSPS) is 12.3. The Hall–Kier alpha value is -0.440. The molecule has 0 radical (unpaired) electrons. The van der Waals surface area contributed by atoms with Crippen molar-refractivity contribution in [1.29, 1.82) is 0 Å². The molecule has 0 saturated carbocycles. The first-order valence-corrected chi connectivity index (χ1v) is 4.18. The number of carbonyl (C=O) groups excluding carboxylic acids is 1. The van der Waals surface area contributed by atoms with Crippen LogP contribution in [0.25, 0.3) is 0 Å². The van der Waals surface area contributed by atoms with Crippen molar-refractivity contribution in [3.63, 3.8) is 0 Å². The molecule has 0 bridgehead atoms. The molecule has 0 saturated heterocycles. The molecule has 0 rings (SSSR count). The van der Waals surface area contributed by atoms with Crippen molar-refractivity contribution >= 4 is 17.7 Å². The average Bonchev–Trinajstić information content (AvgIpc) is 1.88. The summed E-state index contributed by atoms with van der Waals surface area (Å²) >= 11 is 1.44. The van der Waals surface area contributed by atoms with Crippen LogP contribution in [0.4, 0.5) is 0 Å². The number of thioether (sulfide) groups is 1. The van der Waals surface area contributed by atoms with Crippen LogP contribution < -0.4 is 0 Å². The summed E-state index contributed by atoms with van der Waals surface area (Å²) in [5.74, 6) is -0.222. The van der Waals surface area contributed by atoms with E-state index in [9.17, 15) is 4.79 Å². The van der Waals surface area contributed by atoms with Crippen LogP contribution >= 0.6 is 11.8 Å². The summed E-state index contributed by atoms with van der Waals surface area (Å²) in [7, 11) is 1.38. The molecule has 58 valence electrons. The highest BCUT2D eigenvalue weighted by Crippen LogP contribution is 2.15. The Morgan fingerprint density at radius 1 is 1.70 bits per heavy atom. The minimum Gasteiger partial charge on any atom is -0.468 e. The molecule has 0 aromatic carbocycles. The predicted octanol–water partition coefficient (Wildman–Crippen LogP) is 1.47. The lowest BCUT2D eigenvalue weighted by Crippen LogP contribution is -2.18. The van der Waals surface area contributed by atoms with E-state index in [1.54, 1.807) is 0 Å². The third kappa shape index (κ3) is 2.43. The Bertz CT molecular complexity index is 143. The second-order valence-corrected chi connectivity index (χ2v) is 2.93. The summed E-state index contributed by atoms with van der Waals surface area (Å²) in [5.41, 5.74) is 0.833. The molecule has 0 aromatic rings. The van der Waals surface area contributed by atoms with E-state index in [1.807, 2.05) is 13.2 Å². The molecule has 10 heavy (non-hydrogen) atoms. The van der Waals surface area contributed by atoms with E-state index >= 15 is 0 Å². The van der Waals surface area contributed by atoms with Crippen molar-refractivity contribution in [2.75, 3.05) is 13.4 Å². The second-order valence-electron chi connectivity index (χ2n) is 1.99. The number of carbonyl (C=O) groups is 1. The van der Waals surface area contributed by atoms with Crippen molar-refractivity contribution in [1.82, 2.24) is 0 Å². The van der Waals surface area contributed by atoms with Crippen LogP contribution in [-0.2, 0) is 9.53 Å². The van der Waals surface area contributed by atoms with E-state index in [1.165, 1.54) is 18.9 Å². The number of rotatable bonds is 3. The molecule has 0 fully saturated rings. The minimum atomic E-state index is -0.222. The van der Waals surface area contributed by atoms with Gasteiger partial charge in [0, 0.05) is 0 Å². The Kier molecular flexibility index (Phi) is 4.19. The Labute approximate surface area is 65.6 Å². The van der Waals surface area contributed by atoms with Gasteiger partial charge in [0.25, 0.3) is 0 Å². The summed E-state index contributed by atoms with van der Waals surface area (Å²) in [6.07, 6.45) is 1.86. The molecule has 1 atom stereocenters. The molecular weight excluding hydrogens is 148 g/mol. The summed E-state index contributed by atoms with van der Waals surface area (Å²) in [6.45, 7) is 5.49. The van der Waals surface area contributed by atoms with Crippen molar-refractivity contribution in [2.24, 2.45) is 0 Å². The summed E-state index contributed by atoms with van der Waals surface area (Å²) < 4.78 is 4.54. The average molecular weight is 160 g/mol. The number of methoxy groups -OCH3 is 1. The first-order valence-electron chi connectivity index (χ1n) is 2.89. The van der Waals surface area contributed by atoms with Crippen LogP contribution in [0, 0.1) is 0 Å². The molecule has 0 amide bonds. The van der Waals surface area contributed by atoms with Crippen LogP contribution in [0.2, 0.25) is 0 Å². The molecule has 0 aliphatic heterocycles. The Morgan fingerprint density at radius 2 is 2.20 bits per heavy atom. The van der Waals surface area contributed by atoms with E-state index in [2.05, 4.69) is 11.3 Å². The van der Waals surface area contributed by atoms with Crippen molar-refractivity contribution in [2.45, 2.75) is 12.2 Å². The topological polar surface area (TPSA) is 26.3 Å². The number of ether oxygens (including phenoxy) is 1. The van der Waals surface area contributed by atoms with Gasteiger partial charge in [-0.2, -0.15) is 0 Å². The lowest BCUT2D eigenvalue weighted by atomic mass is 10.2. The maximum atomic E-state index is 10.9. The predicted molar refractivity (Wildman–Crippen MR) is 44.1 cm³/mol. The van der Waals surface area contributed by atoms with E-state index in [0.29, 0.717) is 0 Å². The Balaban J connectivity index is 4.06. The Morgan fingerprint density at radius 3 is 2.30 bits per heavy atom. The lowest BCUT2D eigenvalue weighted by Gasteiger charge is -2.10. The molecule has 0 N–H and O–H groups in total. The summed E-state index contributed by atoms with van der Waals surface area (Å²) in [4.78, 5) is 10.9. The van der Waals surface area contributed by atoms with Gasteiger partial charge >= 0.3 is 5.97 Å². The van der Waals surface area contributed by atoms with Crippen molar-refractivity contribution in [3.05, 3.63) is 12.2 Å². The standard InChI is InChI=1S/C7H12O2S/c1-5(2)6(10-4)7(8)9-3/h6H,1H2,2-4H3. The summed E-state index contributed by atoms with van der Waals surface area (Å²) in [5, 5.41) is -0.204. The van der Waals surface area contributed by atoms with Gasteiger partial charge in [0.1, 0.15) is 5.25 Å². The van der Waals surface area contributed by atoms with Gasteiger partial charge in [0.2, 0.25) is 0 Å². The highest BCUT2D eigenvalue weighted by atomic mass is 32.2. The summed E-state index contributed by atoms with van der Waals surface area (Å²) in [6, 6.07) is 0. The van der Waals surface area contributed by atoms with Gasteiger partial charge in [-0.05, 0) is 13.2 Å². The highest BCUT2D eigenvalue weighted by Gasteiger charge is 2.17. The molecule has 0 aliphatic carbocycles. The fraction of sp³-hybridized carbons (Fsp3) is 0.571. The van der Waals surface area contributed by atoms with Crippen LogP contribution in [0.5, 0.6) is 0 Å². The molecule has 0 aromatic heterocycles. The van der Waals surface area contributed by atoms with Gasteiger partial charge < -0.3 is 4.74 Å². The third-order valence-corrected chi connectivity index (χ3v) is 2.16. The molecular formula is C7H12O2S. The first-order chi connectivity index (χ1) is 4.63. The molecule has 0 spiro atoms. The first kappa shape index (κ1) is 9.56. The molecule has 0 aliphatic rings. The maximum Gasteiger partial charge on any atom is 0.322 e. The molecule has 2 nitrogen and oxygen atoms in total. The van der Waals surface area contributed by atoms with Crippen LogP contribution in [-0.4, -0.2) is 24.6 Å². The zero-order valence-electron chi connectivity index (χ0n) is 6.51. The van der Waals surface area contributed by atoms with Crippen molar-refractivity contribution in [3.8, 4) is 0 Å². The highest BCUT2D eigenvalue weighted by molar-refractivity contribution is 8.00. The van der Waals surface area contributed by atoms with Gasteiger partial charge in [-0.25, -0.2) is 0 Å². The van der Waals surface area contributed by atoms with Gasteiger partial charge in [0.15, 0.2) is 0 Å². The van der Waals surface area contributed by atoms with E-state index in [-0.39, 0.29) is 11.2 Å². The number of hydrogen-bond donors (Lipinski definition) is 0. The van der Waals surface area contributed by atoms with Gasteiger partial charge in [-0.3, -0.25) is 4.79 Å². The fourth-order valence-electron chi connectivity index (χ4n) is 0.606. The molecule has 1 unspecified atom stereocenters. The van der Waals surface area contributed by atoms with Crippen LogP contribution in [0.3, 0.4) is 0 Å². The van der Waals surface area contributed by atoms with Gasteiger partial charge in [-0.15, -0.1) is 11.8 Å². The maximum absolute atomic E-state index is 10.9. The van der Waals surface area contributed by atoms with E-state index < -0.39 is 0 Å². The largest absolute Gasteiger partial charge is 0.468 e. The van der Waals surface area contributed by atoms with Crippen LogP contribution in [0.15, 0.2) is 12.2 Å². The fourth-order valence-corrected chi connectivity index (χ4v) is 1.30. The van der Waals surface area contributed by atoms with Gasteiger partial charge in [0.05, 0.1) is 7.11 Å². The zero-order valence-corrected chi connectivity index (χ0v) is 7.33. The molecule has 0 heterocycles. The second kappa shape index (κ2) is 4.39. The smallest absolute Gasteiger partial charge is 0.322 e. The zero-order chi connectivity index (χ0) is 8.15. The lowest BCUT2D eigenvalue weighted by molar-refractivity contribution is -0.139. The number of hydrogen-bond acceptors (Lipinski definition) is 3. The quantitative estimate of drug-likeness (QED) is 0.462. The third-order valence-electron chi connectivity index (χ3n) is 1.10. The van der Waals surface area contributed by atoms with E-state index in [0.717, 1.165) is 5.57 Å². The van der Waals surface area contributed by atoms with Crippen molar-refractivity contribution < 1.29 is 9.53 Å². The molecule has 3 heteroatoms. The van der Waals surface area contributed by atoms with E-state index in [4.69, 9.17) is 0 Å².